The Balaban J connectivity index is 2.24. The Morgan fingerprint density at radius 2 is 2.30 bits per heavy atom. The second kappa shape index (κ2) is 4.85. The van der Waals surface area contributed by atoms with Gasteiger partial charge in [-0.05, 0) is 31.4 Å². The summed E-state index contributed by atoms with van der Waals surface area (Å²) in [6, 6.07) is 5.30. The monoisotopic (exact) mass is 275 g/mol. The van der Waals surface area contributed by atoms with Gasteiger partial charge in [0.2, 0.25) is 0 Å². The van der Waals surface area contributed by atoms with E-state index in [0.717, 1.165) is 43.6 Å². The van der Waals surface area contributed by atoms with E-state index in [2.05, 4.69) is 23.4 Å². The zero-order chi connectivity index (χ0) is 14.3. The van der Waals surface area contributed by atoms with Crippen molar-refractivity contribution < 1.29 is 4.39 Å². The fraction of sp³-hybridized carbons (Fsp3) is 0.562. The average molecular weight is 275 g/mol. The lowest BCUT2D eigenvalue weighted by Crippen LogP contribution is -2.40. The summed E-state index contributed by atoms with van der Waals surface area (Å²) < 4.78 is 16.2. The minimum absolute atomic E-state index is 0.109. The number of imidazole rings is 1. The first kappa shape index (κ1) is 13.6. The number of para-hydroxylation sites is 1. The molecular weight excluding hydrogens is 253 g/mol. The molecular formula is C16H22FN3. The SMILES string of the molecule is CCCn1c(C2(C)CCCC2N)nc2c(F)cccc21. The number of benzene rings is 1. The minimum Gasteiger partial charge on any atom is -0.327 e. The van der Waals surface area contributed by atoms with Crippen LogP contribution in [-0.2, 0) is 12.0 Å². The van der Waals surface area contributed by atoms with E-state index in [9.17, 15) is 4.39 Å². The Morgan fingerprint density at radius 3 is 2.95 bits per heavy atom. The van der Waals surface area contributed by atoms with Crippen LogP contribution in [-0.4, -0.2) is 15.6 Å². The van der Waals surface area contributed by atoms with Crippen LogP contribution in [0.3, 0.4) is 0 Å². The van der Waals surface area contributed by atoms with Gasteiger partial charge in [-0.15, -0.1) is 0 Å². The van der Waals surface area contributed by atoms with Crippen molar-refractivity contribution in [1.29, 1.82) is 0 Å². The first-order valence-electron chi connectivity index (χ1n) is 7.48. The number of aryl methyl sites for hydroxylation is 1. The number of hydrogen-bond donors (Lipinski definition) is 1. The third-order valence-electron chi connectivity index (χ3n) is 4.72. The van der Waals surface area contributed by atoms with Gasteiger partial charge >= 0.3 is 0 Å². The molecule has 1 aromatic carbocycles. The van der Waals surface area contributed by atoms with Gasteiger partial charge in [0.25, 0.3) is 0 Å². The van der Waals surface area contributed by atoms with Crippen molar-refractivity contribution in [2.45, 2.75) is 57.5 Å². The molecule has 3 rings (SSSR count). The van der Waals surface area contributed by atoms with Gasteiger partial charge in [0.05, 0.1) is 5.52 Å². The number of nitrogens with zero attached hydrogens (tertiary/aromatic N) is 2. The van der Waals surface area contributed by atoms with E-state index >= 15 is 0 Å². The Hall–Kier alpha value is -1.42. The van der Waals surface area contributed by atoms with Crippen LogP contribution in [0.25, 0.3) is 11.0 Å². The maximum atomic E-state index is 14.0. The Kier molecular flexibility index (Phi) is 3.28. The predicted octanol–water partition coefficient (Wildman–Crippen LogP) is 3.35. The number of nitrogens with two attached hydrogens (primary N) is 1. The molecule has 0 amide bonds. The van der Waals surface area contributed by atoms with E-state index in [1.165, 1.54) is 6.07 Å². The van der Waals surface area contributed by atoms with E-state index < -0.39 is 0 Å². The number of rotatable bonds is 3. The molecule has 4 heteroatoms. The second-order valence-electron chi connectivity index (χ2n) is 6.11. The zero-order valence-corrected chi connectivity index (χ0v) is 12.2. The third-order valence-corrected chi connectivity index (χ3v) is 4.72. The second-order valence-corrected chi connectivity index (χ2v) is 6.11. The van der Waals surface area contributed by atoms with Gasteiger partial charge in [0.1, 0.15) is 11.3 Å². The van der Waals surface area contributed by atoms with Crippen LogP contribution in [0.1, 0.15) is 45.4 Å². The minimum atomic E-state index is -0.242. The molecule has 108 valence electrons. The molecule has 1 aliphatic rings. The van der Waals surface area contributed by atoms with Gasteiger partial charge in [0.15, 0.2) is 5.82 Å². The van der Waals surface area contributed by atoms with Crippen LogP contribution in [0.5, 0.6) is 0 Å². The summed E-state index contributed by atoms with van der Waals surface area (Å²) in [5.74, 6) is 0.721. The maximum Gasteiger partial charge on any atom is 0.151 e. The fourth-order valence-corrected chi connectivity index (χ4v) is 3.47. The predicted molar refractivity (Wildman–Crippen MR) is 79.2 cm³/mol. The number of aromatic nitrogens is 2. The van der Waals surface area contributed by atoms with E-state index in [1.54, 1.807) is 6.07 Å². The van der Waals surface area contributed by atoms with E-state index in [4.69, 9.17) is 5.73 Å². The molecule has 0 bridgehead atoms. The van der Waals surface area contributed by atoms with Crippen molar-refractivity contribution in [3.63, 3.8) is 0 Å². The van der Waals surface area contributed by atoms with Crippen molar-refractivity contribution in [2.75, 3.05) is 0 Å². The van der Waals surface area contributed by atoms with Gasteiger partial charge in [-0.3, -0.25) is 0 Å². The third kappa shape index (κ3) is 1.85. The molecule has 0 saturated heterocycles. The number of hydrogen-bond acceptors (Lipinski definition) is 2. The molecule has 0 aliphatic heterocycles. The lowest BCUT2D eigenvalue weighted by atomic mass is 9.84. The highest BCUT2D eigenvalue weighted by Crippen LogP contribution is 2.40. The molecule has 20 heavy (non-hydrogen) atoms. The molecule has 0 radical (unpaired) electrons. The van der Waals surface area contributed by atoms with Gasteiger partial charge < -0.3 is 10.3 Å². The summed E-state index contributed by atoms with van der Waals surface area (Å²) in [5.41, 5.74) is 7.56. The molecule has 3 nitrogen and oxygen atoms in total. The highest BCUT2D eigenvalue weighted by Gasteiger charge is 2.42. The van der Waals surface area contributed by atoms with Crippen LogP contribution in [0.4, 0.5) is 4.39 Å². The topological polar surface area (TPSA) is 43.8 Å². The quantitative estimate of drug-likeness (QED) is 0.933. The summed E-state index contributed by atoms with van der Waals surface area (Å²) in [7, 11) is 0. The van der Waals surface area contributed by atoms with Crippen molar-refractivity contribution in [3.8, 4) is 0 Å². The van der Waals surface area contributed by atoms with Crippen LogP contribution >= 0.6 is 0 Å². The highest BCUT2D eigenvalue weighted by molar-refractivity contribution is 5.77. The standard InChI is InChI=1S/C16H22FN3/c1-3-10-20-12-7-4-6-11(17)14(12)19-15(20)16(2)9-5-8-13(16)18/h4,6-7,13H,3,5,8-10,18H2,1-2H3. The molecule has 1 aliphatic carbocycles. The highest BCUT2D eigenvalue weighted by atomic mass is 19.1. The normalized spacial score (nSPS) is 26.5. The zero-order valence-electron chi connectivity index (χ0n) is 12.2. The molecule has 2 aromatic rings. The Bertz CT molecular complexity index is 634. The lowest BCUT2D eigenvalue weighted by Gasteiger charge is -2.29. The maximum absolute atomic E-state index is 14.0. The van der Waals surface area contributed by atoms with Crippen LogP contribution in [0, 0.1) is 5.82 Å². The van der Waals surface area contributed by atoms with E-state index in [-0.39, 0.29) is 17.3 Å². The summed E-state index contributed by atoms with van der Waals surface area (Å²) in [6.07, 6.45) is 4.17. The smallest absolute Gasteiger partial charge is 0.151 e. The number of halogens is 1. The molecule has 1 aromatic heterocycles. The van der Waals surface area contributed by atoms with Gasteiger partial charge in [-0.25, -0.2) is 9.37 Å². The number of fused-ring (bicyclic) bond motifs is 1. The molecule has 2 N–H and O–H groups in total. The van der Waals surface area contributed by atoms with E-state index in [1.807, 2.05) is 6.07 Å². The van der Waals surface area contributed by atoms with Crippen LogP contribution < -0.4 is 5.73 Å². The molecule has 1 saturated carbocycles. The van der Waals surface area contributed by atoms with E-state index in [0.29, 0.717) is 5.52 Å². The van der Waals surface area contributed by atoms with Crippen LogP contribution in [0.15, 0.2) is 18.2 Å². The van der Waals surface area contributed by atoms with Crippen molar-refractivity contribution in [2.24, 2.45) is 5.73 Å². The summed E-state index contributed by atoms with van der Waals surface area (Å²) in [6.45, 7) is 5.17. The molecule has 2 atom stereocenters. The van der Waals surface area contributed by atoms with Gasteiger partial charge in [-0.2, -0.15) is 0 Å². The summed E-state index contributed by atoms with van der Waals surface area (Å²) in [5, 5.41) is 0. The van der Waals surface area contributed by atoms with Crippen molar-refractivity contribution in [3.05, 3.63) is 29.8 Å². The Morgan fingerprint density at radius 1 is 1.50 bits per heavy atom. The first-order chi connectivity index (χ1) is 9.58. The van der Waals surface area contributed by atoms with Crippen LogP contribution in [0.2, 0.25) is 0 Å². The largest absolute Gasteiger partial charge is 0.327 e. The average Bonchev–Trinajstić information content (AvgIpc) is 2.95. The summed E-state index contributed by atoms with van der Waals surface area (Å²) in [4.78, 5) is 4.64. The molecule has 2 unspecified atom stereocenters. The Labute approximate surface area is 119 Å². The molecule has 1 fully saturated rings. The van der Waals surface area contributed by atoms with Crippen molar-refractivity contribution in [1.82, 2.24) is 9.55 Å². The molecule has 1 heterocycles. The summed E-state index contributed by atoms with van der Waals surface area (Å²) >= 11 is 0. The van der Waals surface area contributed by atoms with Gasteiger partial charge in [-0.1, -0.05) is 26.3 Å². The molecule has 0 spiro atoms. The lowest BCUT2D eigenvalue weighted by molar-refractivity contribution is 0.386. The van der Waals surface area contributed by atoms with Gasteiger partial charge in [0, 0.05) is 18.0 Å². The van der Waals surface area contributed by atoms with Crippen molar-refractivity contribution >= 4 is 11.0 Å². The first-order valence-corrected chi connectivity index (χ1v) is 7.48. The fourth-order valence-electron chi connectivity index (χ4n) is 3.47.